The summed E-state index contributed by atoms with van der Waals surface area (Å²) in [6.45, 7) is 2.83. The first-order chi connectivity index (χ1) is 19.6. The van der Waals surface area contributed by atoms with Crippen molar-refractivity contribution in [3.05, 3.63) is 94.5 Å². The summed E-state index contributed by atoms with van der Waals surface area (Å²) in [5, 5.41) is 2.97. The fraction of sp³-hybridized carbons (Fsp3) is 0.355. The number of rotatable bonds is 15. The van der Waals surface area contributed by atoms with Crippen LogP contribution < -0.4 is 14.4 Å². The third-order valence-corrected chi connectivity index (χ3v) is 8.24. The SMILES string of the molecule is CCCNC(=O)[C@@H](Cc1ccccc1)N(Cc1cccc(Br)c1)C(=O)CCCN(c1cccc(OC)c1)S(C)(=O)=O. The van der Waals surface area contributed by atoms with Gasteiger partial charge >= 0.3 is 0 Å². The van der Waals surface area contributed by atoms with Gasteiger partial charge in [-0.3, -0.25) is 13.9 Å². The molecule has 0 aliphatic rings. The highest BCUT2D eigenvalue weighted by atomic mass is 79.9. The highest BCUT2D eigenvalue weighted by Crippen LogP contribution is 2.24. The number of anilines is 1. The molecule has 0 saturated carbocycles. The van der Waals surface area contributed by atoms with Gasteiger partial charge in [0.05, 0.1) is 19.1 Å². The number of benzene rings is 3. The third-order valence-electron chi connectivity index (χ3n) is 6.56. The number of hydrogen-bond acceptors (Lipinski definition) is 5. The van der Waals surface area contributed by atoms with Crippen molar-refractivity contribution in [2.75, 3.05) is 30.8 Å². The molecule has 0 saturated heterocycles. The van der Waals surface area contributed by atoms with Gasteiger partial charge in [-0.1, -0.05) is 71.4 Å². The topological polar surface area (TPSA) is 96.0 Å². The van der Waals surface area contributed by atoms with Gasteiger partial charge in [-0.25, -0.2) is 8.42 Å². The molecule has 0 aliphatic carbocycles. The van der Waals surface area contributed by atoms with Gasteiger partial charge in [-0.05, 0) is 48.2 Å². The van der Waals surface area contributed by atoms with Crippen LogP contribution in [0.1, 0.15) is 37.3 Å². The molecular formula is C31H38BrN3O5S. The summed E-state index contributed by atoms with van der Waals surface area (Å²) in [5.41, 5.74) is 2.28. The van der Waals surface area contributed by atoms with E-state index in [0.717, 1.165) is 28.3 Å². The second kappa shape index (κ2) is 15.6. The van der Waals surface area contributed by atoms with Crippen LogP contribution >= 0.6 is 15.9 Å². The Balaban J connectivity index is 1.87. The molecule has 0 bridgehead atoms. The molecule has 3 aromatic rings. The van der Waals surface area contributed by atoms with Gasteiger partial charge in [0.15, 0.2) is 0 Å². The second-order valence-corrected chi connectivity index (χ2v) is 12.6. The Morgan fingerprint density at radius 2 is 1.68 bits per heavy atom. The fourth-order valence-electron chi connectivity index (χ4n) is 4.52. The predicted molar refractivity (Wildman–Crippen MR) is 166 cm³/mol. The van der Waals surface area contributed by atoms with E-state index in [0.29, 0.717) is 24.4 Å². The molecule has 2 amide bonds. The minimum absolute atomic E-state index is 0.0658. The number of sulfonamides is 1. The first-order valence-corrected chi connectivity index (χ1v) is 16.2. The Kier molecular flexibility index (Phi) is 12.2. The molecule has 1 atom stereocenters. The van der Waals surface area contributed by atoms with Crippen LogP contribution in [0.5, 0.6) is 5.75 Å². The lowest BCUT2D eigenvalue weighted by Crippen LogP contribution is -2.50. The maximum Gasteiger partial charge on any atom is 0.243 e. The van der Waals surface area contributed by atoms with E-state index in [2.05, 4.69) is 21.2 Å². The van der Waals surface area contributed by atoms with Crippen LogP contribution in [-0.4, -0.2) is 57.6 Å². The number of ether oxygens (including phenoxy) is 1. The Morgan fingerprint density at radius 1 is 0.976 bits per heavy atom. The minimum Gasteiger partial charge on any atom is -0.497 e. The van der Waals surface area contributed by atoms with Crippen LogP contribution in [0.25, 0.3) is 0 Å². The smallest absolute Gasteiger partial charge is 0.243 e. The van der Waals surface area contributed by atoms with Crippen molar-refractivity contribution in [3.8, 4) is 5.75 Å². The molecule has 0 spiro atoms. The molecule has 0 heterocycles. The van der Waals surface area contributed by atoms with Crippen molar-refractivity contribution in [2.45, 2.75) is 45.2 Å². The van der Waals surface area contributed by atoms with Gasteiger partial charge in [-0.15, -0.1) is 0 Å². The Labute approximate surface area is 251 Å². The quantitative estimate of drug-likeness (QED) is 0.247. The molecule has 3 rings (SSSR count). The summed E-state index contributed by atoms with van der Waals surface area (Å²) in [4.78, 5) is 28.9. The maximum atomic E-state index is 13.9. The summed E-state index contributed by atoms with van der Waals surface area (Å²) in [7, 11) is -2.09. The lowest BCUT2D eigenvalue weighted by molar-refractivity contribution is -0.141. The van der Waals surface area contributed by atoms with E-state index >= 15 is 0 Å². The minimum atomic E-state index is -3.61. The predicted octanol–water partition coefficient (Wildman–Crippen LogP) is 5.17. The molecule has 1 N–H and O–H groups in total. The Morgan fingerprint density at radius 3 is 2.34 bits per heavy atom. The monoisotopic (exact) mass is 643 g/mol. The van der Waals surface area contributed by atoms with Crippen LogP contribution in [0.3, 0.4) is 0 Å². The molecule has 220 valence electrons. The molecule has 10 heteroatoms. The highest BCUT2D eigenvalue weighted by molar-refractivity contribution is 9.10. The van der Waals surface area contributed by atoms with Crippen molar-refractivity contribution in [3.63, 3.8) is 0 Å². The van der Waals surface area contributed by atoms with Crippen LogP contribution in [0.4, 0.5) is 5.69 Å². The molecule has 0 fully saturated rings. The zero-order chi connectivity index (χ0) is 29.8. The number of hydrogen-bond donors (Lipinski definition) is 1. The highest BCUT2D eigenvalue weighted by Gasteiger charge is 2.30. The molecule has 0 radical (unpaired) electrons. The van der Waals surface area contributed by atoms with Gasteiger partial charge in [-0.2, -0.15) is 0 Å². The number of amides is 2. The Hall–Kier alpha value is -3.37. The van der Waals surface area contributed by atoms with E-state index < -0.39 is 16.1 Å². The molecule has 41 heavy (non-hydrogen) atoms. The number of halogens is 1. The third kappa shape index (κ3) is 9.89. The van der Waals surface area contributed by atoms with Gasteiger partial charge < -0.3 is 15.0 Å². The zero-order valence-electron chi connectivity index (χ0n) is 23.8. The van der Waals surface area contributed by atoms with Crippen molar-refractivity contribution >= 4 is 43.5 Å². The first kappa shape index (κ1) is 32.1. The van der Waals surface area contributed by atoms with Crippen LogP contribution in [0.15, 0.2) is 83.3 Å². The summed E-state index contributed by atoms with van der Waals surface area (Å²) >= 11 is 3.50. The average molecular weight is 645 g/mol. The first-order valence-electron chi connectivity index (χ1n) is 13.6. The van der Waals surface area contributed by atoms with E-state index in [1.807, 2.05) is 61.5 Å². The van der Waals surface area contributed by atoms with E-state index in [1.54, 1.807) is 29.2 Å². The number of methoxy groups -OCH3 is 1. The average Bonchev–Trinajstić information content (AvgIpc) is 2.95. The standard InChI is InChI=1S/C31H38BrN3O5S/c1-4-18-33-31(37)29(21-24-11-6-5-7-12-24)34(23-25-13-8-14-26(32)20-25)30(36)17-10-19-35(41(3,38)39)27-15-9-16-28(22-27)40-2/h5-9,11-16,20,22,29H,4,10,17-19,21,23H2,1-3H3,(H,33,37)/t29-/m1/s1. The van der Waals surface area contributed by atoms with E-state index in [-0.39, 0.29) is 37.7 Å². The number of nitrogens with one attached hydrogen (secondary N) is 1. The maximum absolute atomic E-state index is 13.9. The molecule has 0 aliphatic heterocycles. The molecule has 0 unspecified atom stereocenters. The summed E-state index contributed by atoms with van der Waals surface area (Å²) in [5.74, 6) is 0.0964. The second-order valence-electron chi connectivity index (χ2n) is 9.79. The van der Waals surface area contributed by atoms with Gasteiger partial charge in [0.25, 0.3) is 0 Å². The van der Waals surface area contributed by atoms with Crippen molar-refractivity contribution in [1.29, 1.82) is 0 Å². The molecule has 3 aromatic carbocycles. The summed E-state index contributed by atoms with van der Waals surface area (Å²) < 4.78 is 32.7. The fourth-order valence-corrected chi connectivity index (χ4v) is 5.93. The van der Waals surface area contributed by atoms with Crippen molar-refractivity contribution < 1.29 is 22.7 Å². The van der Waals surface area contributed by atoms with E-state index in [1.165, 1.54) is 11.4 Å². The van der Waals surface area contributed by atoms with Gasteiger partial charge in [0, 0.05) is 43.0 Å². The van der Waals surface area contributed by atoms with Gasteiger partial charge in [0.1, 0.15) is 11.8 Å². The Bertz CT molecular complexity index is 1400. The molecular weight excluding hydrogens is 606 g/mol. The van der Waals surface area contributed by atoms with Crippen LogP contribution in [0, 0.1) is 0 Å². The summed E-state index contributed by atoms with van der Waals surface area (Å²) in [6.07, 6.45) is 2.61. The zero-order valence-corrected chi connectivity index (χ0v) is 26.2. The molecule has 8 nitrogen and oxygen atoms in total. The number of nitrogens with zero attached hydrogens (tertiary/aromatic N) is 2. The number of carbonyl (C=O) groups is 2. The summed E-state index contributed by atoms with van der Waals surface area (Å²) in [6, 6.07) is 23.3. The number of carbonyl (C=O) groups excluding carboxylic acids is 2. The van der Waals surface area contributed by atoms with Crippen molar-refractivity contribution in [1.82, 2.24) is 10.2 Å². The van der Waals surface area contributed by atoms with Crippen LogP contribution in [-0.2, 0) is 32.6 Å². The lowest BCUT2D eigenvalue weighted by atomic mass is 10.0. The van der Waals surface area contributed by atoms with Gasteiger partial charge in [0.2, 0.25) is 21.8 Å². The van der Waals surface area contributed by atoms with E-state index in [4.69, 9.17) is 4.74 Å². The lowest BCUT2D eigenvalue weighted by Gasteiger charge is -2.32. The van der Waals surface area contributed by atoms with E-state index in [9.17, 15) is 18.0 Å². The van der Waals surface area contributed by atoms with Crippen LogP contribution in [0.2, 0.25) is 0 Å². The van der Waals surface area contributed by atoms with Crippen molar-refractivity contribution in [2.24, 2.45) is 0 Å². The normalized spacial score (nSPS) is 11.9. The largest absolute Gasteiger partial charge is 0.497 e. The molecule has 0 aromatic heterocycles.